The number of nitrogens with one attached hydrogen (secondary N) is 2. The average molecular weight is 818 g/mol. The van der Waals surface area contributed by atoms with Gasteiger partial charge >= 0.3 is 0 Å². The standard InChI is InChI=1S/C32H23N8.2C2H6.U/c1-5-17-19(7-3)27-34-25(17)33-26-18(6-2)20(8-4)28(35-26)37-30-22-14-10-12-16-24(22)32(39-30)40-31-23-15-11-9-13-21(23)29(36-27)38-31;2*1-2;/h5-16,27,39H,1-4H2,(H-,33,34,35,36,37,38,40);2*1-2H3;/q-1;;;. The molecule has 2 N–H and O–H groups in total. The SMILES string of the molecule is C=CC1=C(C=C)C2N=C1N=c1[n-]/c(c(C=C)c1C=C)=N\c1[nH]c(c3ccccc13)/N=c1\[nH]/c(c3ccccc13)=N\2.CC.CC.[U]. The molecule has 2 aromatic carbocycles. The summed E-state index contributed by atoms with van der Waals surface area (Å²) < 4.78 is 0. The van der Waals surface area contributed by atoms with E-state index in [0.29, 0.717) is 45.0 Å². The number of aromatic amines is 2. The van der Waals surface area contributed by atoms with Gasteiger partial charge in [-0.3, -0.25) is 4.99 Å². The fourth-order valence-corrected chi connectivity index (χ4v) is 5.26. The van der Waals surface area contributed by atoms with Crippen LogP contribution in [-0.2, 0) is 0 Å². The molecule has 224 valence electrons. The minimum absolute atomic E-state index is 0. The predicted octanol–water partition coefficient (Wildman–Crippen LogP) is 6.51. The number of benzene rings is 2. The molecule has 5 aromatic rings. The van der Waals surface area contributed by atoms with Gasteiger partial charge in [-0.05, 0) is 11.1 Å². The molecule has 3 aromatic heterocycles. The Bertz CT molecular complexity index is 2260. The largest absolute Gasteiger partial charge is 0.357 e. The molecule has 8 bridgehead atoms. The van der Waals surface area contributed by atoms with Crippen molar-refractivity contribution >= 4 is 51.2 Å². The maximum atomic E-state index is 5.02. The van der Waals surface area contributed by atoms with Gasteiger partial charge in [0.1, 0.15) is 16.8 Å². The van der Waals surface area contributed by atoms with Crippen molar-refractivity contribution in [3.05, 3.63) is 131 Å². The van der Waals surface area contributed by atoms with Crippen LogP contribution in [0, 0.1) is 31.1 Å². The van der Waals surface area contributed by atoms with Crippen molar-refractivity contribution in [3.8, 4) is 0 Å². The molecule has 0 saturated carbocycles. The number of fused-ring (bicyclic) bond motifs is 13. The van der Waals surface area contributed by atoms with Crippen LogP contribution >= 0.6 is 0 Å². The zero-order chi connectivity index (χ0) is 31.4. The van der Waals surface area contributed by atoms with Gasteiger partial charge in [0.05, 0.1) is 11.7 Å². The van der Waals surface area contributed by atoms with E-state index in [0.717, 1.165) is 38.3 Å². The molecule has 1 unspecified atom stereocenters. The van der Waals surface area contributed by atoms with E-state index in [1.54, 1.807) is 24.3 Å². The van der Waals surface area contributed by atoms with Crippen molar-refractivity contribution in [1.82, 2.24) is 15.0 Å². The van der Waals surface area contributed by atoms with Crippen LogP contribution in [0.2, 0.25) is 0 Å². The van der Waals surface area contributed by atoms with E-state index in [4.69, 9.17) is 29.9 Å². The Morgan fingerprint density at radius 2 is 1.16 bits per heavy atom. The van der Waals surface area contributed by atoms with Crippen LogP contribution in [0.4, 0.5) is 11.6 Å². The van der Waals surface area contributed by atoms with Gasteiger partial charge in [-0.1, -0.05) is 127 Å². The summed E-state index contributed by atoms with van der Waals surface area (Å²) in [7, 11) is 0. The predicted molar refractivity (Wildman–Crippen MR) is 182 cm³/mol. The number of aromatic nitrogens is 3. The van der Waals surface area contributed by atoms with Crippen LogP contribution in [0.25, 0.3) is 33.7 Å². The molecule has 7 rings (SSSR count). The second-order valence-electron chi connectivity index (χ2n) is 9.30. The van der Waals surface area contributed by atoms with E-state index < -0.39 is 6.17 Å². The van der Waals surface area contributed by atoms with Crippen molar-refractivity contribution in [1.29, 1.82) is 0 Å². The third-order valence-electron chi connectivity index (χ3n) is 7.14. The second kappa shape index (κ2) is 14.5. The molecule has 2 aliphatic rings. The van der Waals surface area contributed by atoms with Crippen molar-refractivity contribution in [2.75, 3.05) is 0 Å². The van der Waals surface area contributed by atoms with Crippen molar-refractivity contribution in [2.45, 2.75) is 33.9 Å². The molecule has 5 heterocycles. The summed E-state index contributed by atoms with van der Waals surface area (Å²) >= 11 is 0. The van der Waals surface area contributed by atoms with Crippen molar-refractivity contribution in [2.24, 2.45) is 25.0 Å². The van der Waals surface area contributed by atoms with Gasteiger partial charge < -0.3 is 24.9 Å². The Labute approximate surface area is 285 Å². The van der Waals surface area contributed by atoms with Gasteiger partial charge in [0.2, 0.25) is 0 Å². The zero-order valence-electron chi connectivity index (χ0n) is 26.0. The van der Waals surface area contributed by atoms with Crippen LogP contribution in [0.15, 0.2) is 123 Å². The molecule has 0 fully saturated rings. The molecule has 0 amide bonds. The summed E-state index contributed by atoms with van der Waals surface area (Å²) in [5, 5.41) is 3.72. The third-order valence-corrected chi connectivity index (χ3v) is 7.14. The van der Waals surface area contributed by atoms with Crippen LogP contribution in [-0.4, -0.2) is 22.0 Å². The molecule has 0 saturated heterocycles. The molecule has 0 radical (unpaired) electrons. The summed E-state index contributed by atoms with van der Waals surface area (Å²) in [6, 6.07) is 16.0. The van der Waals surface area contributed by atoms with Gasteiger partial charge in [-0.25, -0.2) is 9.98 Å². The molecule has 0 spiro atoms. The van der Waals surface area contributed by atoms with Gasteiger partial charge in [0.25, 0.3) is 0 Å². The van der Waals surface area contributed by atoms with Gasteiger partial charge in [-0.15, -0.1) is 0 Å². The molecule has 45 heavy (non-hydrogen) atoms. The van der Waals surface area contributed by atoms with E-state index in [1.165, 1.54) is 0 Å². The molecular formula is C36H35N8U-. The number of nitrogens with zero attached hydrogens (tertiary/aromatic N) is 6. The van der Waals surface area contributed by atoms with Crippen LogP contribution in [0.1, 0.15) is 38.8 Å². The average Bonchev–Trinajstić information content (AvgIpc) is 3.80. The summed E-state index contributed by atoms with van der Waals surface area (Å²) in [6.45, 7) is 24.0. The smallest absolute Gasteiger partial charge is 0.169 e. The Kier molecular flexibility index (Phi) is 10.7. The minimum Gasteiger partial charge on any atom is -0.357 e. The first kappa shape index (κ1) is 33.3. The second-order valence-corrected chi connectivity index (χ2v) is 9.30. The van der Waals surface area contributed by atoms with Gasteiger partial charge in [-0.2, -0.15) is 0 Å². The quantitative estimate of drug-likeness (QED) is 0.212. The van der Waals surface area contributed by atoms with Gasteiger partial charge in [0.15, 0.2) is 6.17 Å². The third kappa shape index (κ3) is 5.82. The molecule has 9 heteroatoms. The fraction of sp³-hybridized carbons (Fsp3) is 0.139. The van der Waals surface area contributed by atoms with E-state index in [9.17, 15) is 0 Å². The molecular weight excluding hydrogens is 782 g/mol. The first-order valence-corrected chi connectivity index (χ1v) is 14.7. The fourth-order valence-electron chi connectivity index (χ4n) is 5.26. The van der Waals surface area contributed by atoms with Gasteiger partial charge in [0, 0.05) is 74.8 Å². The topological polar surface area (TPSA) is 107 Å². The van der Waals surface area contributed by atoms with E-state index >= 15 is 0 Å². The molecule has 2 aliphatic heterocycles. The number of hydrogen-bond donors (Lipinski definition) is 2. The Morgan fingerprint density at radius 3 is 1.71 bits per heavy atom. The molecule has 8 nitrogen and oxygen atoms in total. The first-order chi connectivity index (χ1) is 21.6. The number of amidine groups is 1. The summed E-state index contributed by atoms with van der Waals surface area (Å²) in [5.41, 5.74) is 5.22. The Hall–Kier alpha value is -4.58. The zero-order valence-corrected chi connectivity index (χ0v) is 30.2. The molecule has 0 aliphatic carbocycles. The number of H-pyrrole nitrogens is 2. The van der Waals surface area contributed by atoms with Crippen molar-refractivity contribution in [3.63, 3.8) is 0 Å². The first-order valence-electron chi connectivity index (χ1n) is 14.7. The Morgan fingerprint density at radius 1 is 0.622 bits per heavy atom. The van der Waals surface area contributed by atoms with E-state index in [2.05, 4.69) is 36.3 Å². The van der Waals surface area contributed by atoms with Crippen LogP contribution in [0.3, 0.4) is 0 Å². The van der Waals surface area contributed by atoms with Crippen molar-refractivity contribution < 1.29 is 31.1 Å². The maximum Gasteiger partial charge on any atom is 0.169 e. The molecule has 1 atom stereocenters. The van der Waals surface area contributed by atoms with Crippen LogP contribution < -0.4 is 26.9 Å². The summed E-state index contributed by atoms with van der Waals surface area (Å²) in [5.74, 6) is 1.76. The number of hydrogen-bond acceptors (Lipinski definition) is 5. The minimum atomic E-state index is -0.574. The monoisotopic (exact) mass is 817 g/mol. The number of aliphatic imine (C=N–C) groups is 1. The van der Waals surface area contributed by atoms with E-state index in [-0.39, 0.29) is 31.1 Å². The number of rotatable bonds is 4. The maximum absolute atomic E-state index is 5.02. The Balaban J connectivity index is 0.000000888. The van der Waals surface area contributed by atoms with Crippen LogP contribution in [0.5, 0.6) is 0 Å². The van der Waals surface area contributed by atoms with E-state index in [1.807, 2.05) is 76.2 Å². The normalized spacial score (nSPS) is 16.8. The summed E-state index contributed by atoms with van der Waals surface area (Å²) in [4.78, 5) is 36.3. The summed E-state index contributed by atoms with van der Waals surface area (Å²) in [6.07, 6.45) is 6.32.